The first-order chi connectivity index (χ1) is 9.93. The van der Waals surface area contributed by atoms with E-state index in [1.54, 1.807) is 12.1 Å². The zero-order valence-electron chi connectivity index (χ0n) is 11.1. The minimum Gasteiger partial charge on any atom is -0.399 e. The van der Waals surface area contributed by atoms with E-state index in [2.05, 4.69) is 5.32 Å². The maximum Gasteiger partial charge on any atom is 0.251 e. The van der Waals surface area contributed by atoms with Gasteiger partial charge in [-0.3, -0.25) is 4.79 Å². The minimum absolute atomic E-state index is 0.244. The number of hydrogen-bond acceptors (Lipinski definition) is 7. The van der Waals surface area contributed by atoms with Crippen molar-refractivity contribution in [2.75, 3.05) is 12.3 Å². The normalized spacial score (nSPS) is 32.7. The number of nitrogens with one attached hydrogen (secondary N) is 1. The fourth-order valence-electron chi connectivity index (χ4n) is 2.17. The van der Waals surface area contributed by atoms with Gasteiger partial charge in [0.15, 0.2) is 6.29 Å². The van der Waals surface area contributed by atoms with Crippen molar-refractivity contribution in [1.29, 1.82) is 0 Å². The van der Waals surface area contributed by atoms with Crippen LogP contribution in [0.2, 0.25) is 0 Å². The van der Waals surface area contributed by atoms with Gasteiger partial charge in [0.05, 0.1) is 6.61 Å². The van der Waals surface area contributed by atoms with Crippen LogP contribution >= 0.6 is 0 Å². The number of amides is 1. The van der Waals surface area contributed by atoms with Gasteiger partial charge in [0.2, 0.25) is 0 Å². The zero-order chi connectivity index (χ0) is 15.6. The van der Waals surface area contributed by atoms with E-state index in [1.165, 1.54) is 12.1 Å². The molecule has 1 heterocycles. The summed E-state index contributed by atoms with van der Waals surface area (Å²) in [5.74, 6) is -0.580. The predicted molar refractivity (Wildman–Crippen MR) is 72.1 cm³/mol. The maximum atomic E-state index is 12.0. The number of anilines is 1. The topological polar surface area (TPSA) is 145 Å². The molecule has 0 bridgehead atoms. The van der Waals surface area contributed by atoms with Crippen LogP contribution in [0.25, 0.3) is 0 Å². The molecular weight excluding hydrogens is 280 g/mol. The Balaban J connectivity index is 2.09. The highest BCUT2D eigenvalue weighted by molar-refractivity contribution is 5.95. The lowest BCUT2D eigenvalue weighted by Crippen LogP contribution is -2.64. The summed E-state index contributed by atoms with van der Waals surface area (Å²) in [6.45, 7) is -0.564. The molecule has 0 saturated carbocycles. The summed E-state index contributed by atoms with van der Waals surface area (Å²) in [5.41, 5.74) is 6.21. The maximum absolute atomic E-state index is 12.0. The predicted octanol–water partition coefficient (Wildman–Crippen LogP) is -2.20. The van der Waals surface area contributed by atoms with Gasteiger partial charge in [0.25, 0.3) is 5.91 Å². The average Bonchev–Trinajstić information content (AvgIpc) is 2.47. The van der Waals surface area contributed by atoms with E-state index in [-0.39, 0.29) is 5.56 Å². The van der Waals surface area contributed by atoms with Crippen LogP contribution in [0.4, 0.5) is 5.69 Å². The van der Waals surface area contributed by atoms with E-state index >= 15 is 0 Å². The van der Waals surface area contributed by atoms with Crippen LogP contribution in [0.5, 0.6) is 0 Å². The fraction of sp³-hybridized carbons (Fsp3) is 0.462. The van der Waals surface area contributed by atoms with Gasteiger partial charge in [0.1, 0.15) is 24.4 Å². The van der Waals surface area contributed by atoms with E-state index in [0.717, 1.165) is 0 Å². The van der Waals surface area contributed by atoms with Gasteiger partial charge in [-0.2, -0.15) is 0 Å². The number of hydrogen-bond donors (Lipinski definition) is 6. The van der Waals surface area contributed by atoms with Crippen molar-refractivity contribution in [2.45, 2.75) is 30.6 Å². The average molecular weight is 298 g/mol. The number of rotatable bonds is 3. The van der Waals surface area contributed by atoms with Gasteiger partial charge in [-0.15, -0.1) is 0 Å². The standard InChI is InChI=1S/C13H18N2O6/c14-7-3-1-2-6(4-7)12(19)15-9-11(18)10(17)8(5-16)21-13(9)20/h1-4,8-11,13,16-18,20H,5,14H2,(H,15,19). The second kappa shape index (κ2) is 6.37. The second-order valence-corrected chi connectivity index (χ2v) is 4.85. The molecule has 1 fully saturated rings. The van der Waals surface area contributed by atoms with Gasteiger partial charge in [0, 0.05) is 11.3 Å². The van der Waals surface area contributed by atoms with Gasteiger partial charge in [-0.25, -0.2) is 0 Å². The summed E-state index contributed by atoms with van der Waals surface area (Å²) < 4.78 is 4.95. The Hall–Kier alpha value is -1.71. The summed E-state index contributed by atoms with van der Waals surface area (Å²) in [7, 11) is 0. The first-order valence-electron chi connectivity index (χ1n) is 6.41. The second-order valence-electron chi connectivity index (χ2n) is 4.85. The number of carbonyl (C=O) groups excluding carboxylic acids is 1. The molecule has 1 saturated heterocycles. The van der Waals surface area contributed by atoms with Crippen molar-refractivity contribution in [3.05, 3.63) is 29.8 Å². The molecule has 0 spiro atoms. The Kier molecular flexibility index (Phi) is 4.76. The third-order valence-corrected chi connectivity index (χ3v) is 3.35. The highest BCUT2D eigenvalue weighted by Crippen LogP contribution is 2.20. The molecule has 21 heavy (non-hydrogen) atoms. The first kappa shape index (κ1) is 15.7. The number of benzene rings is 1. The highest BCUT2D eigenvalue weighted by atomic mass is 16.6. The van der Waals surface area contributed by atoms with Gasteiger partial charge in [-0.1, -0.05) is 6.07 Å². The van der Waals surface area contributed by atoms with E-state index in [9.17, 15) is 20.1 Å². The number of nitrogen functional groups attached to an aromatic ring is 1. The Morgan fingerprint density at radius 3 is 2.62 bits per heavy atom. The number of ether oxygens (including phenoxy) is 1. The largest absolute Gasteiger partial charge is 0.399 e. The van der Waals surface area contributed by atoms with Crippen LogP contribution in [0.3, 0.4) is 0 Å². The van der Waals surface area contributed by atoms with Crippen molar-refractivity contribution in [1.82, 2.24) is 5.32 Å². The first-order valence-corrected chi connectivity index (χ1v) is 6.41. The molecule has 0 aliphatic carbocycles. The van der Waals surface area contributed by atoms with E-state index in [1.807, 2.05) is 0 Å². The van der Waals surface area contributed by atoms with Crippen molar-refractivity contribution in [2.24, 2.45) is 0 Å². The molecule has 1 aliphatic heterocycles. The molecule has 1 amide bonds. The van der Waals surface area contributed by atoms with Crippen LogP contribution in [0, 0.1) is 0 Å². The number of nitrogens with two attached hydrogens (primary N) is 1. The highest BCUT2D eigenvalue weighted by Gasteiger charge is 2.44. The summed E-state index contributed by atoms with van der Waals surface area (Å²) in [5, 5.41) is 40.8. The lowest BCUT2D eigenvalue weighted by Gasteiger charge is -2.40. The van der Waals surface area contributed by atoms with Crippen LogP contribution < -0.4 is 11.1 Å². The van der Waals surface area contributed by atoms with Crippen molar-refractivity contribution < 1.29 is 30.0 Å². The fourth-order valence-corrected chi connectivity index (χ4v) is 2.17. The number of aliphatic hydroxyl groups excluding tert-OH is 4. The molecule has 7 N–H and O–H groups in total. The van der Waals surface area contributed by atoms with Crippen molar-refractivity contribution >= 4 is 11.6 Å². The molecule has 1 aromatic rings. The molecule has 5 atom stereocenters. The van der Waals surface area contributed by atoms with E-state index < -0.39 is 43.2 Å². The van der Waals surface area contributed by atoms with Gasteiger partial charge >= 0.3 is 0 Å². The van der Waals surface area contributed by atoms with Gasteiger partial charge < -0.3 is 36.2 Å². The molecule has 1 aliphatic rings. The smallest absolute Gasteiger partial charge is 0.251 e. The monoisotopic (exact) mass is 298 g/mol. The minimum atomic E-state index is -1.55. The number of carbonyl (C=O) groups is 1. The SMILES string of the molecule is Nc1cccc(C(=O)NC2C(O)OC(CO)C(O)C2O)c1. The van der Waals surface area contributed by atoms with Gasteiger partial charge in [-0.05, 0) is 18.2 Å². The van der Waals surface area contributed by atoms with Crippen LogP contribution in [-0.4, -0.2) is 63.6 Å². The Labute approximate surface area is 120 Å². The summed E-state index contributed by atoms with van der Waals surface area (Å²) in [6, 6.07) is 4.92. The van der Waals surface area contributed by atoms with E-state index in [0.29, 0.717) is 5.69 Å². The Morgan fingerprint density at radius 2 is 2.00 bits per heavy atom. The third kappa shape index (κ3) is 3.31. The molecule has 5 unspecified atom stereocenters. The molecule has 0 aromatic heterocycles. The van der Waals surface area contributed by atoms with Crippen molar-refractivity contribution in [3.63, 3.8) is 0 Å². The number of aliphatic hydroxyl groups is 4. The Bertz CT molecular complexity index is 511. The summed E-state index contributed by atoms with van der Waals surface area (Å²) in [6.07, 6.45) is -5.57. The van der Waals surface area contributed by atoms with Crippen LogP contribution in [0.15, 0.2) is 24.3 Å². The molecule has 2 rings (SSSR count). The molecule has 116 valence electrons. The zero-order valence-corrected chi connectivity index (χ0v) is 11.1. The quantitative estimate of drug-likeness (QED) is 0.347. The molecule has 0 radical (unpaired) electrons. The summed E-state index contributed by atoms with van der Waals surface area (Å²) >= 11 is 0. The lowest BCUT2D eigenvalue weighted by atomic mass is 9.97. The van der Waals surface area contributed by atoms with Crippen LogP contribution in [0.1, 0.15) is 10.4 Å². The third-order valence-electron chi connectivity index (χ3n) is 3.35. The van der Waals surface area contributed by atoms with Crippen molar-refractivity contribution in [3.8, 4) is 0 Å². The van der Waals surface area contributed by atoms with Crippen LogP contribution in [-0.2, 0) is 4.74 Å². The molecule has 1 aromatic carbocycles. The molecule has 8 nitrogen and oxygen atoms in total. The lowest BCUT2D eigenvalue weighted by molar-refractivity contribution is -0.252. The Morgan fingerprint density at radius 1 is 1.29 bits per heavy atom. The molecular formula is C13H18N2O6. The molecule has 8 heteroatoms. The van der Waals surface area contributed by atoms with E-state index in [4.69, 9.17) is 15.6 Å². The summed E-state index contributed by atoms with van der Waals surface area (Å²) in [4.78, 5) is 12.0.